The Balaban J connectivity index is 1.70. The van der Waals surface area contributed by atoms with Gasteiger partial charge in [-0.15, -0.1) is 0 Å². The highest BCUT2D eigenvalue weighted by Gasteiger charge is 2.43. The summed E-state index contributed by atoms with van der Waals surface area (Å²) in [5.74, 6) is -0.930. The van der Waals surface area contributed by atoms with Crippen LogP contribution in [0.15, 0.2) is 72.9 Å². The molecule has 0 spiro atoms. The quantitative estimate of drug-likeness (QED) is 0.291. The predicted octanol–water partition coefficient (Wildman–Crippen LogP) is 5.72. The first-order chi connectivity index (χ1) is 17.3. The number of aromatic hydroxyl groups is 1. The Kier molecular flexibility index (Phi) is 6.15. The average molecular weight is 519 g/mol. The number of carboxylic acid groups (broad SMARTS) is 1. The van der Waals surface area contributed by atoms with Gasteiger partial charge in [0.1, 0.15) is 5.75 Å². The fourth-order valence-corrected chi connectivity index (χ4v) is 5.39. The van der Waals surface area contributed by atoms with E-state index in [1.54, 1.807) is 42.6 Å². The molecule has 2 aromatic heterocycles. The summed E-state index contributed by atoms with van der Waals surface area (Å²) in [6.07, 6.45) is 1.73. The number of phenols is 1. The first-order valence-electron chi connectivity index (χ1n) is 11.3. The van der Waals surface area contributed by atoms with Crippen LogP contribution in [0.1, 0.15) is 45.1 Å². The summed E-state index contributed by atoms with van der Waals surface area (Å²) in [6.45, 7) is 3.96. The Morgan fingerprint density at radius 3 is 2.61 bits per heavy atom. The second-order valence-corrected chi connectivity index (χ2v) is 9.47. The van der Waals surface area contributed by atoms with Crippen molar-refractivity contribution in [3.8, 4) is 11.4 Å². The zero-order valence-corrected chi connectivity index (χ0v) is 21.1. The van der Waals surface area contributed by atoms with Crippen molar-refractivity contribution in [2.45, 2.75) is 25.9 Å². The maximum Gasteiger partial charge on any atom is 0.335 e. The third kappa shape index (κ3) is 4.08. The smallest absolute Gasteiger partial charge is 0.335 e. The zero-order chi connectivity index (χ0) is 25.6. The van der Waals surface area contributed by atoms with Crippen LogP contribution >= 0.6 is 23.8 Å². The Morgan fingerprint density at radius 2 is 1.89 bits per heavy atom. The van der Waals surface area contributed by atoms with Gasteiger partial charge in [0.2, 0.25) is 0 Å². The molecule has 0 bridgehead atoms. The molecule has 4 aromatic rings. The van der Waals surface area contributed by atoms with Crippen molar-refractivity contribution < 1.29 is 15.0 Å². The minimum Gasteiger partial charge on any atom is -0.506 e. The first kappa shape index (κ1) is 23.8. The molecule has 2 atom stereocenters. The van der Waals surface area contributed by atoms with Crippen LogP contribution < -0.4 is 10.2 Å². The van der Waals surface area contributed by atoms with Gasteiger partial charge < -0.3 is 25.0 Å². The van der Waals surface area contributed by atoms with Gasteiger partial charge in [-0.3, -0.25) is 4.98 Å². The van der Waals surface area contributed by atoms with Gasteiger partial charge in [0.25, 0.3) is 0 Å². The summed E-state index contributed by atoms with van der Waals surface area (Å²) in [4.78, 5) is 18.0. The van der Waals surface area contributed by atoms with Crippen LogP contribution in [0.2, 0.25) is 5.02 Å². The van der Waals surface area contributed by atoms with E-state index in [0.29, 0.717) is 15.8 Å². The van der Waals surface area contributed by atoms with Gasteiger partial charge in [0, 0.05) is 28.3 Å². The number of carboxylic acids is 1. The summed E-state index contributed by atoms with van der Waals surface area (Å²) in [5, 5.41) is 24.5. The summed E-state index contributed by atoms with van der Waals surface area (Å²) < 4.78 is 2.02. The molecule has 0 amide bonds. The number of nitrogens with zero attached hydrogens (tertiary/aromatic N) is 3. The Labute approximate surface area is 218 Å². The van der Waals surface area contributed by atoms with Crippen LogP contribution in [0.25, 0.3) is 5.69 Å². The second-order valence-electron chi connectivity index (χ2n) is 8.65. The lowest BCUT2D eigenvalue weighted by Gasteiger charge is -2.28. The van der Waals surface area contributed by atoms with E-state index >= 15 is 0 Å². The van der Waals surface area contributed by atoms with Crippen LogP contribution in [0.5, 0.6) is 5.75 Å². The molecule has 3 N–H and O–H groups in total. The third-order valence-electron chi connectivity index (χ3n) is 6.44. The Hall–Kier alpha value is -3.88. The van der Waals surface area contributed by atoms with E-state index in [1.165, 1.54) is 0 Å². The third-order valence-corrected chi connectivity index (χ3v) is 6.98. The molecule has 0 saturated carbocycles. The molecule has 7 nitrogen and oxygen atoms in total. The van der Waals surface area contributed by atoms with E-state index < -0.39 is 5.97 Å². The van der Waals surface area contributed by atoms with E-state index in [-0.39, 0.29) is 23.4 Å². The van der Waals surface area contributed by atoms with E-state index in [9.17, 15) is 15.0 Å². The minimum absolute atomic E-state index is 0.0539. The largest absolute Gasteiger partial charge is 0.506 e. The summed E-state index contributed by atoms with van der Waals surface area (Å²) in [5.41, 5.74) is 5.04. The summed E-state index contributed by atoms with van der Waals surface area (Å²) in [7, 11) is 0. The van der Waals surface area contributed by atoms with Gasteiger partial charge in [0.15, 0.2) is 5.11 Å². The Bertz CT molecular complexity index is 1490. The molecule has 1 saturated heterocycles. The van der Waals surface area contributed by atoms with Crippen LogP contribution in [-0.4, -0.2) is 30.8 Å². The number of hydrogen-bond donors (Lipinski definition) is 3. The van der Waals surface area contributed by atoms with E-state index in [1.807, 2.05) is 47.6 Å². The highest BCUT2D eigenvalue weighted by Crippen LogP contribution is 2.46. The lowest BCUT2D eigenvalue weighted by molar-refractivity contribution is 0.0697. The minimum atomic E-state index is -0.984. The molecule has 0 radical (unpaired) electrons. The van der Waals surface area contributed by atoms with Crippen molar-refractivity contribution in [2.75, 3.05) is 4.90 Å². The zero-order valence-electron chi connectivity index (χ0n) is 19.5. The molecular weight excluding hydrogens is 496 g/mol. The normalized spacial score (nSPS) is 17.3. The molecule has 1 aliphatic rings. The van der Waals surface area contributed by atoms with E-state index in [4.69, 9.17) is 23.8 Å². The second kappa shape index (κ2) is 9.29. The molecule has 3 heterocycles. The number of carbonyl (C=O) groups is 1. The lowest BCUT2D eigenvalue weighted by Crippen LogP contribution is -2.29. The maximum absolute atomic E-state index is 11.6. The van der Waals surface area contributed by atoms with Crippen molar-refractivity contribution in [1.29, 1.82) is 0 Å². The number of pyridine rings is 1. The number of benzene rings is 2. The van der Waals surface area contributed by atoms with Crippen LogP contribution in [0.3, 0.4) is 0 Å². The lowest BCUT2D eigenvalue weighted by atomic mass is 9.96. The number of aromatic carboxylic acids is 1. The molecule has 0 unspecified atom stereocenters. The van der Waals surface area contributed by atoms with E-state index in [0.717, 1.165) is 28.3 Å². The summed E-state index contributed by atoms with van der Waals surface area (Å²) in [6, 6.07) is 18.8. The average Bonchev–Trinajstić information content (AvgIpc) is 3.36. The number of nitrogens with one attached hydrogen (secondary N) is 1. The monoisotopic (exact) mass is 518 g/mol. The number of thiocarbonyl (C=S) groups is 1. The number of hydrogen-bond acceptors (Lipinski definition) is 4. The number of aryl methyl sites for hydroxylation is 1. The highest BCUT2D eigenvalue weighted by atomic mass is 35.5. The SMILES string of the molecule is Cc1cc([C@H]2[C@H](c3ccccn3)NC(=S)N2c2cc(Cl)ccc2O)c(C)n1-c1cccc(C(=O)O)c1. The molecule has 36 heavy (non-hydrogen) atoms. The highest BCUT2D eigenvalue weighted by molar-refractivity contribution is 7.80. The van der Waals surface area contributed by atoms with Crippen molar-refractivity contribution >= 4 is 40.6 Å². The number of aromatic nitrogens is 2. The van der Waals surface area contributed by atoms with Crippen molar-refractivity contribution in [1.82, 2.24) is 14.9 Å². The molecule has 5 rings (SSSR count). The molecule has 1 aliphatic heterocycles. The molecule has 182 valence electrons. The molecule has 2 aromatic carbocycles. The van der Waals surface area contributed by atoms with Gasteiger partial charge in [-0.25, -0.2) is 4.79 Å². The van der Waals surface area contributed by atoms with Gasteiger partial charge in [0.05, 0.1) is 29.0 Å². The van der Waals surface area contributed by atoms with Crippen LogP contribution in [-0.2, 0) is 0 Å². The molecule has 0 aliphatic carbocycles. The number of anilines is 1. The van der Waals surface area contributed by atoms with E-state index in [2.05, 4.69) is 16.4 Å². The van der Waals surface area contributed by atoms with Gasteiger partial charge in [-0.2, -0.15) is 0 Å². The fourth-order valence-electron chi connectivity index (χ4n) is 4.88. The van der Waals surface area contributed by atoms with Crippen molar-refractivity contribution in [3.05, 3.63) is 106 Å². The molecule has 1 fully saturated rings. The van der Waals surface area contributed by atoms with Crippen LogP contribution in [0.4, 0.5) is 5.69 Å². The number of phenolic OH excluding ortho intramolecular Hbond substituents is 1. The number of halogens is 1. The van der Waals surface area contributed by atoms with Gasteiger partial charge in [-0.1, -0.05) is 23.7 Å². The number of rotatable bonds is 5. The first-order valence-corrected chi connectivity index (χ1v) is 12.1. The molecular formula is C27H23ClN4O3S. The van der Waals surface area contributed by atoms with Crippen LogP contribution in [0, 0.1) is 13.8 Å². The Morgan fingerprint density at radius 1 is 1.08 bits per heavy atom. The van der Waals surface area contributed by atoms with Crippen molar-refractivity contribution in [2.24, 2.45) is 0 Å². The molecule has 9 heteroatoms. The fraction of sp³-hybridized carbons (Fsp3) is 0.148. The van der Waals surface area contributed by atoms with Gasteiger partial charge in [-0.05, 0) is 86.2 Å². The summed E-state index contributed by atoms with van der Waals surface area (Å²) >= 11 is 12.1. The topological polar surface area (TPSA) is 90.6 Å². The van der Waals surface area contributed by atoms with Gasteiger partial charge >= 0.3 is 5.97 Å². The van der Waals surface area contributed by atoms with Crippen molar-refractivity contribution in [3.63, 3.8) is 0 Å². The predicted molar refractivity (Wildman–Crippen MR) is 143 cm³/mol. The standard InChI is InChI=1S/C27H23ClN4O3S/c1-15-12-20(16(2)31(15)19-7-5-6-17(13-19)26(34)35)25-24(21-8-3-4-11-29-21)30-27(36)32(25)22-14-18(28)9-10-23(22)33/h3-14,24-25,33H,1-2H3,(H,30,36)(H,34,35)/t24-,25-/m0/s1. The maximum atomic E-state index is 11.6.